The van der Waals surface area contributed by atoms with Gasteiger partial charge in [0.2, 0.25) is 17.6 Å². The molecule has 2 amide bonds. The van der Waals surface area contributed by atoms with Gasteiger partial charge in [-0.25, -0.2) is 0 Å². The monoisotopic (exact) mass is 379 g/mol. The van der Waals surface area contributed by atoms with Gasteiger partial charge in [-0.3, -0.25) is 24.1 Å². The molecule has 2 bridgehead atoms. The van der Waals surface area contributed by atoms with Crippen molar-refractivity contribution in [3.63, 3.8) is 0 Å². The second kappa shape index (κ2) is 6.12. The van der Waals surface area contributed by atoms with Crippen molar-refractivity contribution >= 4 is 23.6 Å². The largest absolute Gasteiger partial charge is 0.453 e. The fraction of sp³-hybridized carbons (Fsp3) is 0.455. The van der Waals surface area contributed by atoms with E-state index in [-0.39, 0.29) is 41.3 Å². The van der Waals surface area contributed by atoms with Gasteiger partial charge in [-0.2, -0.15) is 0 Å². The van der Waals surface area contributed by atoms with Crippen molar-refractivity contribution in [2.24, 2.45) is 35.5 Å². The van der Waals surface area contributed by atoms with E-state index in [0.717, 1.165) is 11.3 Å². The fourth-order valence-corrected chi connectivity index (χ4v) is 5.43. The predicted molar refractivity (Wildman–Crippen MR) is 97.7 cm³/mol. The van der Waals surface area contributed by atoms with Crippen molar-refractivity contribution in [2.75, 3.05) is 6.54 Å². The average Bonchev–Trinajstić information content (AvgIpc) is 3.49. The molecule has 6 rings (SSSR count). The third-order valence-corrected chi connectivity index (χ3v) is 6.78. The van der Waals surface area contributed by atoms with Crippen LogP contribution in [0.25, 0.3) is 0 Å². The zero-order valence-corrected chi connectivity index (χ0v) is 15.5. The molecule has 28 heavy (non-hydrogen) atoms. The van der Waals surface area contributed by atoms with E-state index in [4.69, 9.17) is 4.74 Å². The summed E-state index contributed by atoms with van der Waals surface area (Å²) >= 11 is 0. The van der Waals surface area contributed by atoms with E-state index < -0.39 is 18.6 Å². The summed E-state index contributed by atoms with van der Waals surface area (Å²) in [6.45, 7) is 1.07. The number of benzene rings is 1. The molecule has 1 aromatic rings. The number of Topliss-reactive ketones (excluding diaryl/α,β-unsaturated/α-hetero) is 1. The zero-order valence-electron chi connectivity index (χ0n) is 15.5. The first kappa shape index (κ1) is 17.3. The van der Waals surface area contributed by atoms with Crippen LogP contribution in [0, 0.1) is 35.5 Å². The summed E-state index contributed by atoms with van der Waals surface area (Å²) < 4.78 is 5.23. The Morgan fingerprint density at radius 3 is 2.18 bits per heavy atom. The first-order valence-electron chi connectivity index (χ1n) is 9.79. The van der Waals surface area contributed by atoms with E-state index in [2.05, 4.69) is 12.2 Å². The summed E-state index contributed by atoms with van der Waals surface area (Å²) in [5.41, 5.74) is 0.448. The van der Waals surface area contributed by atoms with Crippen LogP contribution in [-0.2, 0) is 19.1 Å². The van der Waals surface area contributed by atoms with Gasteiger partial charge < -0.3 is 4.74 Å². The quantitative estimate of drug-likeness (QED) is 0.338. The van der Waals surface area contributed by atoms with Crippen LogP contribution in [0.15, 0.2) is 42.5 Å². The van der Waals surface area contributed by atoms with Gasteiger partial charge in [0.25, 0.3) is 0 Å². The Labute approximate surface area is 162 Å². The topological polar surface area (TPSA) is 80.8 Å². The van der Waals surface area contributed by atoms with E-state index in [0.29, 0.717) is 17.4 Å². The van der Waals surface area contributed by atoms with Gasteiger partial charge in [0.15, 0.2) is 6.10 Å². The lowest BCUT2D eigenvalue weighted by atomic mass is 9.63. The molecule has 0 unspecified atom stereocenters. The second-order valence-electron chi connectivity index (χ2n) is 8.28. The molecule has 2 saturated carbocycles. The molecule has 6 nitrogen and oxygen atoms in total. The highest BCUT2D eigenvalue weighted by atomic mass is 16.5. The van der Waals surface area contributed by atoms with E-state index in [1.165, 1.54) is 6.92 Å². The highest BCUT2D eigenvalue weighted by Crippen LogP contribution is 2.65. The lowest BCUT2D eigenvalue weighted by Crippen LogP contribution is -2.40. The molecule has 3 fully saturated rings. The average molecular weight is 379 g/mol. The Morgan fingerprint density at radius 1 is 1.04 bits per heavy atom. The highest BCUT2D eigenvalue weighted by Gasteiger charge is 2.67. The van der Waals surface area contributed by atoms with E-state index in [9.17, 15) is 19.2 Å². The molecule has 1 aromatic carbocycles. The first-order chi connectivity index (χ1) is 13.5. The Hall–Kier alpha value is -2.76. The predicted octanol–water partition coefficient (Wildman–Crippen LogP) is 1.85. The molecule has 1 aliphatic heterocycles. The number of hydrogen-bond donors (Lipinski definition) is 0. The van der Waals surface area contributed by atoms with E-state index >= 15 is 0 Å². The van der Waals surface area contributed by atoms with Crippen LogP contribution in [0.5, 0.6) is 0 Å². The van der Waals surface area contributed by atoms with Crippen molar-refractivity contribution in [3.05, 3.63) is 48.0 Å². The molecule has 144 valence electrons. The fourth-order valence-electron chi connectivity index (χ4n) is 5.43. The molecule has 6 heteroatoms. The van der Waals surface area contributed by atoms with Crippen molar-refractivity contribution in [3.8, 4) is 0 Å². The first-order valence-corrected chi connectivity index (χ1v) is 9.79. The molecule has 0 N–H and O–H groups in total. The lowest BCUT2D eigenvalue weighted by Gasteiger charge is -2.37. The number of likely N-dealkylation sites (tertiary alicyclic amines) is 1. The number of ketones is 1. The normalized spacial score (nSPS) is 35.4. The molecule has 1 saturated heterocycles. The molecule has 0 radical (unpaired) electrons. The number of amides is 2. The van der Waals surface area contributed by atoms with Crippen LogP contribution in [0.4, 0.5) is 0 Å². The van der Waals surface area contributed by atoms with Gasteiger partial charge in [0.05, 0.1) is 11.8 Å². The number of esters is 1. The maximum Gasteiger partial charge on any atom is 0.326 e. The van der Waals surface area contributed by atoms with Crippen LogP contribution >= 0.6 is 0 Å². The minimum atomic E-state index is -0.976. The van der Waals surface area contributed by atoms with E-state index in [1.807, 2.05) is 0 Å². The molecule has 0 spiro atoms. The van der Waals surface area contributed by atoms with Crippen LogP contribution in [0.2, 0.25) is 0 Å². The Balaban J connectivity index is 1.26. The van der Waals surface area contributed by atoms with Gasteiger partial charge in [-0.05, 0) is 37.0 Å². The van der Waals surface area contributed by atoms with Gasteiger partial charge >= 0.3 is 5.97 Å². The maximum atomic E-state index is 12.9. The molecule has 4 aliphatic carbocycles. The molecule has 7 atom stereocenters. The minimum Gasteiger partial charge on any atom is -0.453 e. The number of nitrogens with zero attached hydrogens (tertiary/aromatic N) is 1. The summed E-state index contributed by atoms with van der Waals surface area (Å²) in [4.78, 5) is 51.5. The number of rotatable bonds is 5. The standard InChI is InChI=1S/C22H21NO5/c1-11(20(25)12-5-3-2-4-6-12)28-17(24)10-23-21(26)18-13-7-8-14(16-9-15(13)16)19(18)22(23)27/h2-8,11,13-16,18-19H,9-10H2,1H3/t11-,13+,14+,15+,16+,18-,19+/m0/s1. The second-order valence-corrected chi connectivity index (χ2v) is 8.28. The summed E-state index contributed by atoms with van der Waals surface area (Å²) in [6, 6.07) is 8.57. The summed E-state index contributed by atoms with van der Waals surface area (Å²) in [5.74, 6) is -0.965. The van der Waals surface area contributed by atoms with Crippen LogP contribution in [0.3, 0.4) is 0 Å². The molecular formula is C22H21NO5. The van der Waals surface area contributed by atoms with Crippen molar-refractivity contribution in [1.29, 1.82) is 0 Å². The molecule has 1 heterocycles. The highest BCUT2D eigenvalue weighted by molar-refractivity contribution is 6.08. The molecule has 5 aliphatic rings. The lowest BCUT2D eigenvalue weighted by molar-refractivity contribution is -0.154. The van der Waals surface area contributed by atoms with Crippen molar-refractivity contribution < 1.29 is 23.9 Å². The van der Waals surface area contributed by atoms with Crippen molar-refractivity contribution in [2.45, 2.75) is 19.4 Å². The smallest absolute Gasteiger partial charge is 0.326 e. The van der Waals surface area contributed by atoms with E-state index in [1.54, 1.807) is 30.3 Å². The van der Waals surface area contributed by atoms with Gasteiger partial charge in [-0.1, -0.05) is 42.5 Å². The van der Waals surface area contributed by atoms with Gasteiger partial charge in [-0.15, -0.1) is 0 Å². The number of carbonyl (C=O) groups excluding carboxylic acids is 4. The summed E-state index contributed by atoms with van der Waals surface area (Å²) in [6.07, 6.45) is 4.30. The van der Waals surface area contributed by atoms with Crippen LogP contribution < -0.4 is 0 Å². The molecular weight excluding hydrogens is 358 g/mol. The van der Waals surface area contributed by atoms with Crippen LogP contribution in [-0.4, -0.2) is 41.1 Å². The molecule has 0 aromatic heterocycles. The summed E-state index contributed by atoms with van der Waals surface area (Å²) in [7, 11) is 0. The number of allylic oxidation sites excluding steroid dienone is 2. The minimum absolute atomic E-state index is 0.121. The number of imide groups is 1. The number of ether oxygens (including phenoxy) is 1. The van der Waals surface area contributed by atoms with Crippen LogP contribution in [0.1, 0.15) is 23.7 Å². The van der Waals surface area contributed by atoms with Gasteiger partial charge in [0.1, 0.15) is 6.54 Å². The SMILES string of the molecule is C[C@H](OC(=O)CN1C(=O)[C@@H]2[C@@H]3C=C[C@H]([C@H]4C[C@H]34)[C@@H]2C1=O)C(=O)c1ccccc1. The van der Waals surface area contributed by atoms with Gasteiger partial charge in [0, 0.05) is 5.56 Å². The summed E-state index contributed by atoms with van der Waals surface area (Å²) in [5, 5.41) is 0. The maximum absolute atomic E-state index is 12.9. The third kappa shape index (κ3) is 2.47. The Bertz CT molecular complexity index is 871. The third-order valence-electron chi connectivity index (χ3n) is 6.78. The Morgan fingerprint density at radius 2 is 1.61 bits per heavy atom. The van der Waals surface area contributed by atoms with Crippen molar-refractivity contribution in [1.82, 2.24) is 4.90 Å². The number of hydrogen-bond acceptors (Lipinski definition) is 5. The Kier molecular flexibility index (Phi) is 3.79. The zero-order chi connectivity index (χ0) is 19.6. The number of carbonyl (C=O) groups is 4.